The maximum Gasteiger partial charge on any atom is 0.242 e. The highest BCUT2D eigenvalue weighted by molar-refractivity contribution is 7.89. The van der Waals surface area contributed by atoms with E-state index >= 15 is 0 Å². The van der Waals surface area contributed by atoms with Gasteiger partial charge in [-0.05, 0) is 24.5 Å². The van der Waals surface area contributed by atoms with Gasteiger partial charge in [-0.1, -0.05) is 12.1 Å². The first-order valence-electron chi connectivity index (χ1n) is 5.76. The van der Waals surface area contributed by atoms with Crippen LogP contribution in [0.5, 0.6) is 0 Å². The third-order valence-electron chi connectivity index (χ3n) is 2.92. The van der Waals surface area contributed by atoms with Crippen LogP contribution in [0.1, 0.15) is 6.42 Å². The lowest BCUT2D eigenvalue weighted by molar-refractivity contribution is 0.186. The van der Waals surface area contributed by atoms with Crippen LogP contribution in [0.4, 0.5) is 5.69 Å². The molecular weight excluding hydrogens is 254 g/mol. The number of hydrogen-bond donors (Lipinski definition) is 3. The molecule has 0 bridgehead atoms. The minimum atomic E-state index is -3.54. The predicted molar refractivity (Wildman–Crippen MR) is 68.4 cm³/mol. The van der Waals surface area contributed by atoms with Crippen LogP contribution in [0.15, 0.2) is 29.2 Å². The fraction of sp³-hybridized carbons (Fsp3) is 0.455. The Bertz CT molecular complexity index is 498. The van der Waals surface area contributed by atoms with Crippen molar-refractivity contribution >= 4 is 15.7 Å². The van der Waals surface area contributed by atoms with Crippen molar-refractivity contribution in [3.8, 4) is 0 Å². The Morgan fingerprint density at radius 3 is 2.83 bits per heavy atom. The van der Waals surface area contributed by atoms with Gasteiger partial charge in [-0.25, -0.2) is 13.1 Å². The van der Waals surface area contributed by atoms with Gasteiger partial charge in [0.25, 0.3) is 0 Å². The molecule has 0 radical (unpaired) electrons. The summed E-state index contributed by atoms with van der Waals surface area (Å²) < 4.78 is 32.0. The fourth-order valence-electron chi connectivity index (χ4n) is 1.87. The van der Waals surface area contributed by atoms with Crippen LogP contribution in [-0.2, 0) is 14.8 Å². The van der Waals surface area contributed by atoms with Crippen LogP contribution in [0.2, 0.25) is 0 Å². The van der Waals surface area contributed by atoms with Crippen molar-refractivity contribution in [1.82, 2.24) is 4.72 Å². The van der Waals surface area contributed by atoms with E-state index in [0.717, 1.165) is 6.42 Å². The lowest BCUT2D eigenvalue weighted by Gasteiger charge is -2.12. The molecule has 0 aliphatic carbocycles. The third-order valence-corrected chi connectivity index (χ3v) is 4.40. The average Bonchev–Trinajstić information content (AvgIpc) is 2.89. The van der Waals surface area contributed by atoms with Gasteiger partial charge < -0.3 is 10.2 Å². The smallest absolute Gasteiger partial charge is 0.242 e. The molecule has 1 heterocycles. The maximum atomic E-state index is 12.1. The van der Waals surface area contributed by atoms with Crippen LogP contribution in [0.25, 0.3) is 0 Å². The molecule has 1 atom stereocenters. The summed E-state index contributed by atoms with van der Waals surface area (Å²) in [5.41, 5.74) is 2.77. The summed E-state index contributed by atoms with van der Waals surface area (Å²) in [6.45, 7) is 1.70. The van der Waals surface area contributed by atoms with Gasteiger partial charge in [-0.2, -0.15) is 0 Å². The van der Waals surface area contributed by atoms with Crippen molar-refractivity contribution in [2.75, 3.05) is 25.2 Å². The molecule has 100 valence electrons. The zero-order chi connectivity index (χ0) is 13.0. The van der Waals surface area contributed by atoms with Gasteiger partial charge in [0.15, 0.2) is 0 Å². The van der Waals surface area contributed by atoms with E-state index in [1.165, 1.54) is 6.07 Å². The summed E-state index contributed by atoms with van der Waals surface area (Å²) in [5.74, 6) is 5.55. The van der Waals surface area contributed by atoms with Crippen molar-refractivity contribution in [2.45, 2.75) is 11.3 Å². The molecule has 4 N–H and O–H groups in total. The number of ether oxygens (including phenoxy) is 1. The molecule has 1 saturated heterocycles. The third kappa shape index (κ3) is 2.99. The summed E-state index contributed by atoms with van der Waals surface area (Å²) in [6.07, 6.45) is 0.888. The number of nitrogens with two attached hydrogens (primary N) is 1. The zero-order valence-corrected chi connectivity index (χ0v) is 10.7. The van der Waals surface area contributed by atoms with E-state index in [2.05, 4.69) is 10.1 Å². The Kier molecular flexibility index (Phi) is 4.18. The summed E-state index contributed by atoms with van der Waals surface area (Å²) in [7, 11) is -3.54. The van der Waals surface area contributed by atoms with Crippen molar-refractivity contribution in [3.63, 3.8) is 0 Å². The van der Waals surface area contributed by atoms with Crippen molar-refractivity contribution in [3.05, 3.63) is 24.3 Å². The van der Waals surface area contributed by atoms with Crippen LogP contribution in [0.3, 0.4) is 0 Å². The van der Waals surface area contributed by atoms with Crippen LogP contribution < -0.4 is 16.0 Å². The van der Waals surface area contributed by atoms with Gasteiger partial charge in [0.05, 0.1) is 12.3 Å². The molecule has 0 saturated carbocycles. The Morgan fingerprint density at radius 1 is 1.39 bits per heavy atom. The second-order valence-corrected chi connectivity index (χ2v) is 5.96. The number of anilines is 1. The highest BCUT2D eigenvalue weighted by Gasteiger charge is 2.21. The number of nitrogen functional groups attached to an aromatic ring is 1. The lowest BCUT2D eigenvalue weighted by atomic mass is 10.1. The molecule has 1 aromatic rings. The first kappa shape index (κ1) is 13.3. The molecule has 1 unspecified atom stereocenters. The molecule has 1 aliphatic heterocycles. The summed E-state index contributed by atoms with van der Waals surface area (Å²) in [4.78, 5) is 0.159. The fourth-order valence-corrected chi connectivity index (χ4v) is 3.15. The molecule has 0 amide bonds. The second-order valence-electron chi connectivity index (χ2n) is 4.22. The highest BCUT2D eigenvalue weighted by Crippen LogP contribution is 2.20. The van der Waals surface area contributed by atoms with Gasteiger partial charge in [0, 0.05) is 13.2 Å². The van der Waals surface area contributed by atoms with Gasteiger partial charge in [0.2, 0.25) is 10.0 Å². The molecule has 0 aromatic heterocycles. The Labute approximate surface area is 107 Å². The van der Waals surface area contributed by atoms with E-state index in [9.17, 15) is 8.42 Å². The largest absolute Gasteiger partial charge is 0.381 e. The molecule has 7 heteroatoms. The summed E-state index contributed by atoms with van der Waals surface area (Å²) in [5, 5.41) is 0. The molecule has 0 spiro atoms. The monoisotopic (exact) mass is 271 g/mol. The number of hydrogen-bond acceptors (Lipinski definition) is 5. The van der Waals surface area contributed by atoms with Crippen molar-refractivity contribution < 1.29 is 13.2 Å². The summed E-state index contributed by atoms with van der Waals surface area (Å²) in [6, 6.07) is 6.52. The first-order valence-corrected chi connectivity index (χ1v) is 7.25. The quantitative estimate of drug-likeness (QED) is 0.528. The minimum Gasteiger partial charge on any atom is -0.381 e. The normalized spacial score (nSPS) is 19.9. The Hall–Kier alpha value is -1.15. The molecule has 18 heavy (non-hydrogen) atoms. The van der Waals surface area contributed by atoms with Crippen LogP contribution in [0, 0.1) is 5.92 Å². The molecule has 1 aliphatic rings. The standard InChI is InChI=1S/C11H17N3O3S/c12-14-10-3-1-2-4-11(10)18(15,16)13-7-9-5-6-17-8-9/h1-4,9,13-14H,5-8,12H2. The molecule has 1 aromatic carbocycles. The Morgan fingerprint density at radius 2 is 2.17 bits per heavy atom. The molecule has 6 nitrogen and oxygen atoms in total. The predicted octanol–water partition coefficient (Wildman–Crippen LogP) is 0.287. The van der Waals surface area contributed by atoms with Crippen LogP contribution in [-0.4, -0.2) is 28.2 Å². The topological polar surface area (TPSA) is 93.5 Å². The number of hydrazine groups is 1. The van der Waals surface area contributed by atoms with E-state index in [-0.39, 0.29) is 10.8 Å². The second kappa shape index (κ2) is 5.66. The van der Waals surface area contributed by atoms with E-state index in [1.807, 2.05) is 0 Å². The molecule has 2 rings (SSSR count). The maximum absolute atomic E-state index is 12.1. The summed E-state index contributed by atoms with van der Waals surface area (Å²) >= 11 is 0. The van der Waals surface area contributed by atoms with Gasteiger partial charge in [0.1, 0.15) is 4.90 Å². The van der Waals surface area contributed by atoms with Gasteiger partial charge >= 0.3 is 0 Å². The van der Waals surface area contributed by atoms with E-state index in [0.29, 0.717) is 25.4 Å². The zero-order valence-electron chi connectivity index (χ0n) is 9.93. The van der Waals surface area contributed by atoms with E-state index < -0.39 is 10.0 Å². The first-order chi connectivity index (χ1) is 8.63. The number of para-hydroxylation sites is 1. The number of nitrogens with one attached hydrogen (secondary N) is 2. The van der Waals surface area contributed by atoms with Crippen LogP contribution >= 0.6 is 0 Å². The van der Waals surface area contributed by atoms with Gasteiger partial charge in [-0.15, -0.1) is 0 Å². The number of sulfonamides is 1. The minimum absolute atomic E-state index is 0.159. The number of rotatable bonds is 5. The molecule has 1 fully saturated rings. The number of benzene rings is 1. The SMILES string of the molecule is NNc1ccccc1S(=O)(=O)NCC1CCOC1. The van der Waals surface area contributed by atoms with Gasteiger partial charge in [-0.3, -0.25) is 5.84 Å². The van der Waals surface area contributed by atoms with Crippen molar-refractivity contribution in [1.29, 1.82) is 0 Å². The average molecular weight is 271 g/mol. The Balaban J connectivity index is 2.09. The lowest BCUT2D eigenvalue weighted by Crippen LogP contribution is -2.30. The molecular formula is C11H17N3O3S. The van der Waals surface area contributed by atoms with E-state index in [1.54, 1.807) is 18.2 Å². The van der Waals surface area contributed by atoms with Crippen molar-refractivity contribution in [2.24, 2.45) is 11.8 Å². The highest BCUT2D eigenvalue weighted by atomic mass is 32.2. The van der Waals surface area contributed by atoms with E-state index in [4.69, 9.17) is 10.6 Å².